The van der Waals surface area contributed by atoms with Gasteiger partial charge in [-0.25, -0.2) is 18.3 Å². The van der Waals surface area contributed by atoms with E-state index in [1.54, 1.807) is 21.8 Å². The topological polar surface area (TPSA) is 79.8 Å². The van der Waals surface area contributed by atoms with E-state index in [-0.39, 0.29) is 17.8 Å². The maximum Gasteiger partial charge on any atom is 0.346 e. The summed E-state index contributed by atoms with van der Waals surface area (Å²) in [6.07, 6.45) is 5.78. The lowest BCUT2D eigenvalue weighted by molar-refractivity contribution is 0.0623. The van der Waals surface area contributed by atoms with E-state index in [0.717, 1.165) is 17.5 Å². The monoisotopic (exact) mass is 450 g/mol. The van der Waals surface area contributed by atoms with Crippen LogP contribution in [0.25, 0.3) is 5.69 Å². The SMILES string of the molecule is O=c1n2c(nn1[C@H]1C[C@H](Oc3ccc(-n4cnnc4)cc3)C1)CC[C@H]2c1cc(F)cc(F)c1. The Labute approximate surface area is 187 Å². The van der Waals surface area contributed by atoms with Gasteiger partial charge in [-0.05, 0) is 48.4 Å². The molecular weight excluding hydrogens is 430 g/mol. The van der Waals surface area contributed by atoms with Crippen molar-refractivity contribution >= 4 is 0 Å². The van der Waals surface area contributed by atoms with Crippen LogP contribution in [0.15, 0.2) is 59.9 Å². The molecular formula is C23H20F2N6O2. The first-order valence-electron chi connectivity index (χ1n) is 10.8. The molecule has 2 aliphatic rings. The Kier molecular flexibility index (Phi) is 4.60. The van der Waals surface area contributed by atoms with Gasteiger partial charge in [0.2, 0.25) is 0 Å². The van der Waals surface area contributed by atoms with Crippen molar-refractivity contribution in [3.8, 4) is 11.4 Å². The van der Waals surface area contributed by atoms with Gasteiger partial charge in [-0.1, -0.05) is 0 Å². The second kappa shape index (κ2) is 7.65. The van der Waals surface area contributed by atoms with Gasteiger partial charge in [0.05, 0.1) is 12.1 Å². The van der Waals surface area contributed by atoms with Gasteiger partial charge < -0.3 is 4.74 Å². The van der Waals surface area contributed by atoms with Crippen molar-refractivity contribution in [3.63, 3.8) is 0 Å². The third-order valence-electron chi connectivity index (χ3n) is 6.40. The second-order valence-electron chi connectivity index (χ2n) is 8.50. The summed E-state index contributed by atoms with van der Waals surface area (Å²) in [6.45, 7) is 0. The molecule has 1 aliphatic heterocycles. The lowest BCUT2D eigenvalue weighted by Crippen LogP contribution is -2.41. The van der Waals surface area contributed by atoms with Gasteiger partial charge in [-0.3, -0.25) is 9.13 Å². The molecule has 0 unspecified atom stereocenters. The van der Waals surface area contributed by atoms with Crippen LogP contribution >= 0.6 is 0 Å². The molecule has 2 aromatic carbocycles. The third kappa shape index (κ3) is 3.51. The normalized spacial score (nSPS) is 21.6. The standard InChI is InChI=1S/C23H20F2N6O2/c24-15-7-14(8-16(25)9-15)21-5-6-22-28-31(23(32)30(21)22)18-10-20(11-18)33-19-3-1-17(2-4-19)29-12-26-27-13-29/h1-4,7-9,12-13,18,20-21H,5-6,10-11H2/t18-,20-,21-/m0/s1. The zero-order chi connectivity index (χ0) is 22.5. The van der Waals surface area contributed by atoms with E-state index in [1.165, 1.54) is 16.8 Å². The summed E-state index contributed by atoms with van der Waals surface area (Å²) in [5.74, 6) is 0.118. The number of hydrogen-bond donors (Lipinski definition) is 0. The zero-order valence-corrected chi connectivity index (χ0v) is 17.5. The molecule has 33 heavy (non-hydrogen) atoms. The average molecular weight is 450 g/mol. The van der Waals surface area contributed by atoms with Crippen LogP contribution in [0.5, 0.6) is 5.75 Å². The van der Waals surface area contributed by atoms with Crippen LogP contribution in [0.1, 0.15) is 42.7 Å². The highest BCUT2D eigenvalue weighted by molar-refractivity contribution is 5.37. The number of aromatic nitrogens is 6. The Morgan fingerprint density at radius 1 is 0.970 bits per heavy atom. The number of aryl methyl sites for hydroxylation is 1. The summed E-state index contributed by atoms with van der Waals surface area (Å²) >= 11 is 0. The lowest BCUT2D eigenvalue weighted by Gasteiger charge is -2.34. The number of ether oxygens (including phenoxy) is 1. The highest BCUT2D eigenvalue weighted by Crippen LogP contribution is 2.36. The number of benzene rings is 2. The molecule has 0 N–H and O–H groups in total. The second-order valence-corrected chi connectivity index (χ2v) is 8.50. The average Bonchev–Trinajstić information content (AvgIpc) is 3.49. The van der Waals surface area contributed by atoms with E-state index in [4.69, 9.17) is 4.74 Å². The molecule has 8 nitrogen and oxygen atoms in total. The van der Waals surface area contributed by atoms with Gasteiger partial charge >= 0.3 is 5.69 Å². The smallest absolute Gasteiger partial charge is 0.346 e. The van der Waals surface area contributed by atoms with Gasteiger partial charge in [0.15, 0.2) is 0 Å². The number of fused-ring (bicyclic) bond motifs is 1. The van der Waals surface area contributed by atoms with E-state index in [1.807, 2.05) is 24.3 Å². The van der Waals surface area contributed by atoms with Crippen LogP contribution in [0.3, 0.4) is 0 Å². The molecule has 1 atom stereocenters. The summed E-state index contributed by atoms with van der Waals surface area (Å²) in [5.41, 5.74) is 1.15. The van der Waals surface area contributed by atoms with E-state index in [9.17, 15) is 13.6 Å². The van der Waals surface area contributed by atoms with Crippen LogP contribution < -0.4 is 10.4 Å². The molecule has 2 aromatic heterocycles. The zero-order valence-electron chi connectivity index (χ0n) is 17.5. The Hall–Kier alpha value is -3.82. The van der Waals surface area contributed by atoms with Crippen molar-refractivity contribution in [2.75, 3.05) is 0 Å². The molecule has 0 bridgehead atoms. The minimum absolute atomic E-state index is 0.00712. The summed E-state index contributed by atoms with van der Waals surface area (Å²) in [4.78, 5) is 13.1. The minimum Gasteiger partial charge on any atom is -0.490 e. The molecule has 1 aliphatic carbocycles. The highest BCUT2D eigenvalue weighted by atomic mass is 19.1. The van der Waals surface area contributed by atoms with Gasteiger partial charge in [0, 0.05) is 31.0 Å². The van der Waals surface area contributed by atoms with Crippen molar-refractivity contribution in [3.05, 3.63) is 88.6 Å². The molecule has 10 heteroatoms. The van der Waals surface area contributed by atoms with Crippen LogP contribution in [0.4, 0.5) is 8.78 Å². The van der Waals surface area contributed by atoms with Gasteiger partial charge in [0.25, 0.3) is 0 Å². The highest BCUT2D eigenvalue weighted by Gasteiger charge is 2.37. The Morgan fingerprint density at radius 3 is 2.36 bits per heavy atom. The fraction of sp³-hybridized carbons (Fsp3) is 0.304. The largest absolute Gasteiger partial charge is 0.490 e. The molecule has 0 amide bonds. The molecule has 6 rings (SSSR count). The van der Waals surface area contributed by atoms with Crippen LogP contribution in [0, 0.1) is 11.6 Å². The number of nitrogens with zero attached hydrogens (tertiary/aromatic N) is 6. The van der Waals surface area contributed by atoms with E-state index >= 15 is 0 Å². The van der Waals surface area contributed by atoms with E-state index in [0.29, 0.717) is 37.1 Å². The Bertz CT molecular complexity index is 1340. The molecule has 0 spiro atoms. The fourth-order valence-electron chi connectivity index (χ4n) is 4.69. The molecule has 3 heterocycles. The van der Waals surface area contributed by atoms with Crippen molar-refractivity contribution in [2.45, 2.75) is 43.9 Å². The molecule has 4 aromatic rings. The minimum atomic E-state index is -0.646. The summed E-state index contributed by atoms with van der Waals surface area (Å²) in [6, 6.07) is 10.6. The predicted octanol–water partition coefficient (Wildman–Crippen LogP) is 3.22. The quantitative estimate of drug-likeness (QED) is 0.467. The van der Waals surface area contributed by atoms with E-state index < -0.39 is 17.7 Å². The first kappa shape index (κ1) is 19.8. The maximum absolute atomic E-state index is 13.7. The third-order valence-corrected chi connectivity index (χ3v) is 6.40. The van der Waals surface area contributed by atoms with Crippen LogP contribution in [-0.2, 0) is 6.42 Å². The van der Waals surface area contributed by atoms with Crippen molar-refractivity contribution in [2.24, 2.45) is 0 Å². The van der Waals surface area contributed by atoms with Gasteiger partial charge in [-0.2, -0.15) is 5.10 Å². The lowest BCUT2D eigenvalue weighted by atomic mass is 9.89. The van der Waals surface area contributed by atoms with Crippen LogP contribution in [0.2, 0.25) is 0 Å². The van der Waals surface area contributed by atoms with Gasteiger partial charge in [0.1, 0.15) is 42.0 Å². The first-order chi connectivity index (χ1) is 16.0. The van der Waals surface area contributed by atoms with Crippen LogP contribution in [-0.4, -0.2) is 35.2 Å². The van der Waals surface area contributed by atoms with Crippen molar-refractivity contribution in [1.82, 2.24) is 29.1 Å². The predicted molar refractivity (Wildman–Crippen MR) is 113 cm³/mol. The fourth-order valence-corrected chi connectivity index (χ4v) is 4.69. The molecule has 0 saturated heterocycles. The molecule has 1 fully saturated rings. The summed E-state index contributed by atoms with van der Waals surface area (Å²) in [7, 11) is 0. The first-order valence-corrected chi connectivity index (χ1v) is 10.8. The van der Waals surface area contributed by atoms with Crippen molar-refractivity contribution < 1.29 is 13.5 Å². The van der Waals surface area contributed by atoms with Gasteiger partial charge in [-0.15, -0.1) is 10.2 Å². The maximum atomic E-state index is 13.7. The summed E-state index contributed by atoms with van der Waals surface area (Å²) < 4.78 is 38.3. The summed E-state index contributed by atoms with van der Waals surface area (Å²) in [5, 5.41) is 12.1. The number of hydrogen-bond acceptors (Lipinski definition) is 5. The Morgan fingerprint density at radius 2 is 1.67 bits per heavy atom. The molecule has 1 saturated carbocycles. The molecule has 0 radical (unpaired) electrons. The number of halogens is 2. The molecule has 168 valence electrons. The Balaban J connectivity index is 1.14. The van der Waals surface area contributed by atoms with Crippen molar-refractivity contribution in [1.29, 1.82) is 0 Å². The number of rotatable bonds is 5. The van der Waals surface area contributed by atoms with E-state index in [2.05, 4.69) is 15.3 Å².